The van der Waals surface area contributed by atoms with Crippen LogP contribution in [0.5, 0.6) is 0 Å². The summed E-state index contributed by atoms with van der Waals surface area (Å²) >= 11 is 1.98. The molecule has 0 spiro atoms. The lowest BCUT2D eigenvalue weighted by molar-refractivity contribution is -0.113. The number of fused-ring (bicyclic) bond motifs is 1. The Labute approximate surface area is 195 Å². The summed E-state index contributed by atoms with van der Waals surface area (Å²) in [5.41, 5.74) is 7.58. The van der Waals surface area contributed by atoms with Crippen molar-refractivity contribution in [1.29, 1.82) is 0 Å². The van der Waals surface area contributed by atoms with Crippen LogP contribution in [0, 0.1) is 6.92 Å². The van der Waals surface area contributed by atoms with Gasteiger partial charge in [0.15, 0.2) is 0 Å². The summed E-state index contributed by atoms with van der Waals surface area (Å²) < 4.78 is 10.7. The lowest BCUT2D eigenvalue weighted by atomic mass is 10.1. The van der Waals surface area contributed by atoms with E-state index in [9.17, 15) is 14.4 Å². The highest BCUT2D eigenvalue weighted by atomic mass is 32.2. The smallest absolute Gasteiger partial charge is 0.341 e. The quantitative estimate of drug-likeness (QED) is 0.253. The highest BCUT2D eigenvalue weighted by Crippen LogP contribution is 2.34. The maximum Gasteiger partial charge on any atom is 0.341 e. The third kappa shape index (κ3) is 4.61. The van der Waals surface area contributed by atoms with E-state index in [1.807, 2.05) is 24.3 Å². The van der Waals surface area contributed by atoms with Crippen molar-refractivity contribution in [3.05, 3.63) is 46.5 Å². The van der Waals surface area contributed by atoms with Gasteiger partial charge in [-0.1, -0.05) is 30.0 Å². The fraction of sp³-hybridized carbons (Fsp3) is 0.190. The number of primary amides is 1. The number of para-hydroxylation sites is 1. The number of H-pyrrole nitrogens is 1. The minimum absolute atomic E-state index is 0.0549. The van der Waals surface area contributed by atoms with Crippen LogP contribution in [-0.4, -0.2) is 45.3 Å². The number of anilines is 1. The SMILES string of the molecule is CCOC(=O)c1c(NC(=O)CSc2nnc(-c3c[nH]c4ccccc34)o2)sc(C(N)=O)c1C. The van der Waals surface area contributed by atoms with Crippen molar-refractivity contribution in [1.82, 2.24) is 15.2 Å². The van der Waals surface area contributed by atoms with Crippen molar-refractivity contribution in [2.75, 3.05) is 17.7 Å². The van der Waals surface area contributed by atoms with E-state index in [1.165, 1.54) is 0 Å². The number of aromatic nitrogens is 3. The average molecular weight is 486 g/mol. The molecule has 0 aliphatic carbocycles. The number of thiophene rings is 1. The molecule has 2 amide bonds. The molecule has 3 heterocycles. The number of nitrogens with two attached hydrogens (primary N) is 1. The first kappa shape index (κ1) is 22.6. The van der Waals surface area contributed by atoms with Gasteiger partial charge in [-0.15, -0.1) is 21.5 Å². The second kappa shape index (κ2) is 9.46. The van der Waals surface area contributed by atoms with Gasteiger partial charge < -0.3 is 25.2 Å². The van der Waals surface area contributed by atoms with Crippen LogP contribution in [0.4, 0.5) is 5.00 Å². The van der Waals surface area contributed by atoms with Crippen molar-refractivity contribution in [2.24, 2.45) is 5.73 Å². The molecule has 1 aromatic carbocycles. The van der Waals surface area contributed by atoms with Crippen molar-refractivity contribution < 1.29 is 23.5 Å². The van der Waals surface area contributed by atoms with Crippen molar-refractivity contribution in [3.8, 4) is 11.5 Å². The summed E-state index contributed by atoms with van der Waals surface area (Å²) in [7, 11) is 0. The van der Waals surface area contributed by atoms with E-state index in [0.29, 0.717) is 11.5 Å². The van der Waals surface area contributed by atoms with Gasteiger partial charge in [0.2, 0.25) is 5.91 Å². The molecule has 0 saturated heterocycles. The van der Waals surface area contributed by atoms with E-state index in [0.717, 1.165) is 39.6 Å². The Bertz CT molecular complexity index is 1360. The normalized spacial score (nSPS) is 11.0. The van der Waals surface area contributed by atoms with Crippen LogP contribution in [0.1, 0.15) is 32.5 Å². The summed E-state index contributed by atoms with van der Waals surface area (Å²) in [6, 6.07) is 7.72. The van der Waals surface area contributed by atoms with E-state index < -0.39 is 17.8 Å². The number of amides is 2. The second-order valence-corrected chi connectivity index (χ2v) is 8.75. The Morgan fingerprint density at radius 3 is 2.82 bits per heavy atom. The first-order chi connectivity index (χ1) is 15.9. The van der Waals surface area contributed by atoms with Crippen LogP contribution < -0.4 is 11.1 Å². The fourth-order valence-electron chi connectivity index (χ4n) is 3.20. The van der Waals surface area contributed by atoms with Gasteiger partial charge in [-0.05, 0) is 25.5 Å². The number of hydrogen-bond donors (Lipinski definition) is 3. The molecule has 0 atom stereocenters. The molecule has 10 nitrogen and oxygen atoms in total. The summed E-state index contributed by atoms with van der Waals surface area (Å²) in [5.74, 6) is -1.47. The first-order valence-corrected chi connectivity index (χ1v) is 11.6. The van der Waals surface area contributed by atoms with Crippen molar-refractivity contribution >= 4 is 56.8 Å². The molecular weight excluding hydrogens is 466 g/mol. The van der Waals surface area contributed by atoms with E-state index in [4.69, 9.17) is 14.9 Å². The van der Waals surface area contributed by atoms with E-state index in [1.54, 1.807) is 20.0 Å². The predicted molar refractivity (Wildman–Crippen MR) is 124 cm³/mol. The number of nitrogens with zero attached hydrogens (tertiary/aromatic N) is 2. The zero-order valence-corrected chi connectivity index (χ0v) is 19.3. The largest absolute Gasteiger partial charge is 0.462 e. The number of rotatable bonds is 8. The summed E-state index contributed by atoms with van der Waals surface area (Å²) in [6.45, 7) is 3.40. The number of hydrogen-bond acceptors (Lipinski definition) is 9. The first-order valence-electron chi connectivity index (χ1n) is 9.82. The van der Waals surface area contributed by atoms with Gasteiger partial charge in [0, 0.05) is 17.1 Å². The molecule has 0 aliphatic rings. The second-order valence-electron chi connectivity index (χ2n) is 6.80. The number of esters is 1. The zero-order valence-electron chi connectivity index (χ0n) is 17.6. The molecule has 33 heavy (non-hydrogen) atoms. The predicted octanol–water partition coefficient (Wildman–Crippen LogP) is 3.59. The van der Waals surface area contributed by atoms with Crippen LogP contribution in [0.25, 0.3) is 22.4 Å². The molecule has 0 unspecified atom stereocenters. The number of aromatic amines is 1. The molecule has 4 N–H and O–H groups in total. The Morgan fingerprint density at radius 2 is 2.06 bits per heavy atom. The number of benzene rings is 1. The molecule has 0 saturated carbocycles. The summed E-state index contributed by atoms with van der Waals surface area (Å²) in [6.07, 6.45) is 1.78. The van der Waals surface area contributed by atoms with Gasteiger partial charge in [-0.2, -0.15) is 0 Å². The van der Waals surface area contributed by atoms with Gasteiger partial charge in [0.1, 0.15) is 5.00 Å². The number of carbonyl (C=O) groups excluding carboxylic acids is 3. The van der Waals surface area contributed by atoms with Crippen LogP contribution in [-0.2, 0) is 9.53 Å². The molecule has 0 radical (unpaired) electrons. The lowest BCUT2D eigenvalue weighted by Crippen LogP contribution is -2.16. The summed E-state index contributed by atoms with van der Waals surface area (Å²) in [5, 5.41) is 12.1. The average Bonchev–Trinajstić information content (AvgIpc) is 3.49. The van der Waals surface area contributed by atoms with Gasteiger partial charge in [0.05, 0.1) is 28.4 Å². The number of ether oxygens (including phenoxy) is 1. The maximum absolute atomic E-state index is 12.5. The molecule has 4 rings (SSSR count). The van der Waals surface area contributed by atoms with Gasteiger partial charge in [-0.25, -0.2) is 4.79 Å². The zero-order chi connectivity index (χ0) is 23.5. The fourth-order valence-corrected chi connectivity index (χ4v) is 4.83. The minimum atomic E-state index is -0.686. The Balaban J connectivity index is 1.46. The highest BCUT2D eigenvalue weighted by molar-refractivity contribution is 7.99. The van der Waals surface area contributed by atoms with Crippen LogP contribution in [0.15, 0.2) is 40.1 Å². The Morgan fingerprint density at radius 1 is 1.27 bits per heavy atom. The number of nitrogens with one attached hydrogen (secondary N) is 2. The lowest BCUT2D eigenvalue weighted by Gasteiger charge is -2.06. The van der Waals surface area contributed by atoms with Gasteiger partial charge in [0.25, 0.3) is 17.0 Å². The van der Waals surface area contributed by atoms with E-state index >= 15 is 0 Å². The topological polar surface area (TPSA) is 153 Å². The molecule has 3 aromatic heterocycles. The molecular formula is C21H19N5O5S2. The van der Waals surface area contributed by atoms with E-state index in [2.05, 4.69) is 20.5 Å². The van der Waals surface area contributed by atoms with E-state index in [-0.39, 0.29) is 33.0 Å². The van der Waals surface area contributed by atoms with Crippen LogP contribution in [0.2, 0.25) is 0 Å². The van der Waals surface area contributed by atoms with Gasteiger partial charge in [-0.3, -0.25) is 9.59 Å². The Kier molecular flexibility index (Phi) is 6.47. The molecule has 12 heteroatoms. The Hall–Kier alpha value is -3.64. The third-order valence-corrected chi connectivity index (χ3v) is 6.70. The number of carbonyl (C=O) groups is 3. The highest BCUT2D eigenvalue weighted by Gasteiger charge is 2.26. The molecule has 4 aromatic rings. The van der Waals surface area contributed by atoms with Crippen molar-refractivity contribution in [3.63, 3.8) is 0 Å². The third-order valence-electron chi connectivity index (χ3n) is 4.66. The maximum atomic E-state index is 12.5. The van der Waals surface area contributed by atoms with Crippen molar-refractivity contribution in [2.45, 2.75) is 19.1 Å². The molecule has 0 bridgehead atoms. The minimum Gasteiger partial charge on any atom is -0.462 e. The monoisotopic (exact) mass is 485 g/mol. The standard InChI is InChI=1S/C21H19N5O5S2/c1-3-30-20(29)15-10(2)16(17(22)28)33-19(15)24-14(27)9-32-21-26-25-18(31-21)12-8-23-13-7-5-4-6-11(12)13/h4-8,23H,3,9H2,1-2H3,(H2,22,28)(H,24,27). The van der Waals surface area contributed by atoms with Gasteiger partial charge >= 0.3 is 5.97 Å². The van der Waals surface area contributed by atoms with Crippen LogP contribution in [0.3, 0.4) is 0 Å². The molecule has 170 valence electrons. The molecule has 0 aliphatic heterocycles. The van der Waals surface area contributed by atoms with Crippen LogP contribution >= 0.6 is 23.1 Å². The number of thioether (sulfide) groups is 1. The summed E-state index contributed by atoms with van der Waals surface area (Å²) in [4.78, 5) is 39.9. The molecule has 0 fully saturated rings.